The van der Waals surface area contributed by atoms with Crippen LogP contribution < -0.4 is 5.73 Å². The molecule has 3 N–H and O–H groups in total. The number of phenolic OH excluding ortho intramolecular Hbond substituents is 1. The molecular formula is C10H12ClNO2. The number of benzene rings is 1. The fourth-order valence-corrected chi connectivity index (χ4v) is 1.39. The van der Waals surface area contributed by atoms with E-state index in [1.807, 2.05) is 6.92 Å². The van der Waals surface area contributed by atoms with Gasteiger partial charge in [0.2, 0.25) is 0 Å². The molecule has 2 aromatic rings. The highest BCUT2D eigenvalue weighted by molar-refractivity contribution is 5.85. The van der Waals surface area contributed by atoms with Crippen LogP contribution in [0.4, 0.5) is 0 Å². The van der Waals surface area contributed by atoms with Crippen LogP contribution in [0.2, 0.25) is 0 Å². The molecule has 0 aliphatic heterocycles. The molecule has 14 heavy (non-hydrogen) atoms. The smallest absolute Gasteiger partial charge is 0.134 e. The monoisotopic (exact) mass is 213 g/mol. The summed E-state index contributed by atoms with van der Waals surface area (Å²) < 4.78 is 5.27. The quantitative estimate of drug-likeness (QED) is 0.766. The van der Waals surface area contributed by atoms with Gasteiger partial charge in [0.05, 0.1) is 6.26 Å². The summed E-state index contributed by atoms with van der Waals surface area (Å²) in [4.78, 5) is 0. The number of nitrogens with two attached hydrogens (primary N) is 1. The second-order valence-corrected chi connectivity index (χ2v) is 3.16. The van der Waals surface area contributed by atoms with Gasteiger partial charge in [0.1, 0.15) is 11.3 Å². The van der Waals surface area contributed by atoms with Gasteiger partial charge in [-0.1, -0.05) is 0 Å². The van der Waals surface area contributed by atoms with Gasteiger partial charge in [-0.25, -0.2) is 0 Å². The number of furan rings is 1. The lowest BCUT2D eigenvalue weighted by Crippen LogP contribution is -2.03. The first-order chi connectivity index (χ1) is 6.18. The van der Waals surface area contributed by atoms with Gasteiger partial charge in [-0.3, -0.25) is 0 Å². The molecule has 1 unspecified atom stereocenters. The van der Waals surface area contributed by atoms with Crippen LogP contribution in [0.25, 0.3) is 11.0 Å². The Bertz CT molecular complexity index is 437. The van der Waals surface area contributed by atoms with Crippen LogP contribution in [-0.2, 0) is 0 Å². The summed E-state index contributed by atoms with van der Waals surface area (Å²) >= 11 is 0. The van der Waals surface area contributed by atoms with Gasteiger partial charge >= 0.3 is 0 Å². The fourth-order valence-electron chi connectivity index (χ4n) is 1.39. The normalized spacial score (nSPS) is 12.4. The summed E-state index contributed by atoms with van der Waals surface area (Å²) in [6.07, 6.45) is 1.63. The maximum absolute atomic E-state index is 9.27. The Morgan fingerprint density at radius 3 is 2.79 bits per heavy atom. The van der Waals surface area contributed by atoms with Crippen LogP contribution in [0, 0.1) is 0 Å². The minimum absolute atomic E-state index is 0. The summed E-state index contributed by atoms with van der Waals surface area (Å²) in [6.45, 7) is 1.88. The summed E-state index contributed by atoms with van der Waals surface area (Å²) in [6, 6.07) is 4.91. The minimum atomic E-state index is -0.0805. The largest absolute Gasteiger partial charge is 0.508 e. The number of fused-ring (bicyclic) bond motifs is 1. The predicted molar refractivity (Wildman–Crippen MR) is 57.7 cm³/mol. The zero-order chi connectivity index (χ0) is 9.42. The van der Waals surface area contributed by atoms with E-state index < -0.39 is 0 Å². The van der Waals surface area contributed by atoms with E-state index in [0.29, 0.717) is 0 Å². The first kappa shape index (κ1) is 10.9. The molecule has 2 rings (SSSR count). The van der Waals surface area contributed by atoms with Crippen molar-refractivity contribution in [2.24, 2.45) is 5.73 Å². The third-order valence-electron chi connectivity index (χ3n) is 2.08. The highest BCUT2D eigenvalue weighted by Gasteiger charge is 2.09. The van der Waals surface area contributed by atoms with Crippen LogP contribution in [0.1, 0.15) is 18.5 Å². The molecule has 1 heterocycles. The molecule has 76 valence electrons. The molecule has 0 bridgehead atoms. The Hall–Kier alpha value is -1.19. The van der Waals surface area contributed by atoms with Crippen molar-refractivity contribution in [1.82, 2.24) is 0 Å². The standard InChI is InChI=1S/C10H11NO2.ClH/c1-6(11)9-5-13-10-3-2-7(12)4-8(9)10;/h2-6,12H,11H2,1H3;1H. The molecule has 0 amide bonds. The van der Waals surface area contributed by atoms with Crippen molar-refractivity contribution in [2.45, 2.75) is 13.0 Å². The Labute approximate surface area is 87.9 Å². The molecule has 0 aliphatic carbocycles. The molecule has 4 heteroatoms. The van der Waals surface area contributed by atoms with E-state index in [1.54, 1.807) is 24.5 Å². The van der Waals surface area contributed by atoms with E-state index in [4.69, 9.17) is 10.2 Å². The van der Waals surface area contributed by atoms with Crippen LogP contribution >= 0.6 is 12.4 Å². The molecule has 0 saturated heterocycles. The lowest BCUT2D eigenvalue weighted by atomic mass is 10.1. The molecule has 0 aliphatic rings. The van der Waals surface area contributed by atoms with Crippen molar-refractivity contribution < 1.29 is 9.52 Å². The van der Waals surface area contributed by atoms with E-state index in [0.717, 1.165) is 16.5 Å². The van der Waals surface area contributed by atoms with Crippen LogP contribution in [0.5, 0.6) is 5.75 Å². The highest BCUT2D eigenvalue weighted by Crippen LogP contribution is 2.27. The highest BCUT2D eigenvalue weighted by atomic mass is 35.5. The molecule has 1 aromatic heterocycles. The Morgan fingerprint density at radius 2 is 2.14 bits per heavy atom. The lowest BCUT2D eigenvalue weighted by molar-refractivity contribution is 0.476. The molecule has 0 fully saturated rings. The number of hydrogen-bond acceptors (Lipinski definition) is 3. The van der Waals surface area contributed by atoms with Crippen molar-refractivity contribution in [3.8, 4) is 5.75 Å². The second kappa shape index (κ2) is 3.90. The zero-order valence-corrected chi connectivity index (χ0v) is 8.54. The van der Waals surface area contributed by atoms with Gasteiger partial charge in [0, 0.05) is 17.0 Å². The van der Waals surface area contributed by atoms with Gasteiger partial charge in [0.25, 0.3) is 0 Å². The van der Waals surface area contributed by atoms with Crippen molar-refractivity contribution in [3.05, 3.63) is 30.0 Å². The molecule has 0 radical (unpaired) electrons. The van der Waals surface area contributed by atoms with Crippen LogP contribution in [-0.4, -0.2) is 5.11 Å². The van der Waals surface area contributed by atoms with Gasteiger partial charge in [-0.15, -0.1) is 12.4 Å². The SMILES string of the molecule is CC(N)c1coc2ccc(O)cc12.Cl. The second-order valence-electron chi connectivity index (χ2n) is 3.16. The number of hydrogen-bond donors (Lipinski definition) is 2. The topological polar surface area (TPSA) is 59.4 Å². The van der Waals surface area contributed by atoms with E-state index in [9.17, 15) is 5.11 Å². The van der Waals surface area contributed by atoms with Gasteiger partial charge in [0.15, 0.2) is 0 Å². The Balaban J connectivity index is 0.000000980. The summed E-state index contributed by atoms with van der Waals surface area (Å²) in [5.41, 5.74) is 7.41. The Kier molecular flexibility index (Phi) is 3.03. The van der Waals surface area contributed by atoms with E-state index >= 15 is 0 Å². The number of halogens is 1. The van der Waals surface area contributed by atoms with Crippen molar-refractivity contribution in [3.63, 3.8) is 0 Å². The molecule has 1 atom stereocenters. The van der Waals surface area contributed by atoms with E-state index in [2.05, 4.69) is 0 Å². The maximum Gasteiger partial charge on any atom is 0.134 e. The molecule has 3 nitrogen and oxygen atoms in total. The average molecular weight is 214 g/mol. The summed E-state index contributed by atoms with van der Waals surface area (Å²) in [7, 11) is 0. The molecular weight excluding hydrogens is 202 g/mol. The minimum Gasteiger partial charge on any atom is -0.508 e. The van der Waals surface area contributed by atoms with Gasteiger partial charge in [-0.05, 0) is 25.1 Å². The van der Waals surface area contributed by atoms with Gasteiger partial charge < -0.3 is 15.3 Å². The third kappa shape index (κ3) is 1.69. The first-order valence-corrected chi connectivity index (χ1v) is 4.14. The molecule has 0 spiro atoms. The number of rotatable bonds is 1. The summed E-state index contributed by atoms with van der Waals surface area (Å²) in [5, 5.41) is 10.2. The number of phenols is 1. The van der Waals surface area contributed by atoms with Gasteiger partial charge in [-0.2, -0.15) is 0 Å². The van der Waals surface area contributed by atoms with E-state index in [-0.39, 0.29) is 24.2 Å². The van der Waals surface area contributed by atoms with Crippen molar-refractivity contribution in [1.29, 1.82) is 0 Å². The van der Waals surface area contributed by atoms with Crippen LogP contribution in [0.15, 0.2) is 28.9 Å². The Morgan fingerprint density at radius 1 is 1.43 bits per heavy atom. The fraction of sp³-hybridized carbons (Fsp3) is 0.200. The first-order valence-electron chi connectivity index (χ1n) is 4.14. The predicted octanol–water partition coefficient (Wildman–Crippen LogP) is 2.58. The van der Waals surface area contributed by atoms with Crippen molar-refractivity contribution >= 4 is 23.4 Å². The third-order valence-corrected chi connectivity index (χ3v) is 2.08. The molecule has 1 aromatic carbocycles. The molecule has 0 saturated carbocycles. The average Bonchev–Trinajstić information content (AvgIpc) is 2.46. The zero-order valence-electron chi connectivity index (χ0n) is 7.73. The number of aromatic hydroxyl groups is 1. The van der Waals surface area contributed by atoms with E-state index in [1.165, 1.54) is 0 Å². The van der Waals surface area contributed by atoms with Crippen molar-refractivity contribution in [2.75, 3.05) is 0 Å². The lowest BCUT2D eigenvalue weighted by Gasteiger charge is -2.00. The summed E-state index contributed by atoms with van der Waals surface area (Å²) in [5.74, 6) is 0.232. The van der Waals surface area contributed by atoms with Crippen LogP contribution in [0.3, 0.4) is 0 Å². The maximum atomic E-state index is 9.27.